The summed E-state index contributed by atoms with van der Waals surface area (Å²) < 4.78 is 15.4. The number of nitrogens with one attached hydrogen (secondary N) is 1. The van der Waals surface area contributed by atoms with Gasteiger partial charge in [0.25, 0.3) is 0 Å². The zero-order valence-corrected chi connectivity index (χ0v) is 13.8. The van der Waals surface area contributed by atoms with Crippen LogP contribution in [0.3, 0.4) is 0 Å². The molecule has 0 saturated carbocycles. The Morgan fingerprint density at radius 3 is 2.84 bits per heavy atom. The maximum atomic E-state index is 13.9. The number of aliphatic hydroxyl groups excluding tert-OH is 1. The fourth-order valence-corrected chi connectivity index (χ4v) is 2.44. The van der Waals surface area contributed by atoms with Gasteiger partial charge in [0.1, 0.15) is 11.5 Å². The number of benzene rings is 1. The molecule has 3 aromatic rings. The van der Waals surface area contributed by atoms with Crippen molar-refractivity contribution in [1.82, 2.24) is 19.7 Å². The molecule has 3 rings (SSSR count). The van der Waals surface area contributed by atoms with Crippen molar-refractivity contribution in [3.05, 3.63) is 54.7 Å². The van der Waals surface area contributed by atoms with Crippen LogP contribution in [0.2, 0.25) is 0 Å². The summed E-state index contributed by atoms with van der Waals surface area (Å²) in [5.41, 5.74) is 1.90. The van der Waals surface area contributed by atoms with Gasteiger partial charge >= 0.3 is 0 Å². The zero-order chi connectivity index (χ0) is 17.5. The Balaban J connectivity index is 1.70. The van der Waals surface area contributed by atoms with Crippen molar-refractivity contribution in [3.8, 4) is 16.9 Å². The van der Waals surface area contributed by atoms with E-state index in [-0.39, 0.29) is 12.4 Å². The third-order valence-electron chi connectivity index (χ3n) is 3.75. The normalized spacial score (nSPS) is 10.8. The lowest BCUT2D eigenvalue weighted by molar-refractivity contribution is 0.283. The molecule has 6 nitrogen and oxygen atoms in total. The van der Waals surface area contributed by atoms with Crippen molar-refractivity contribution in [2.45, 2.75) is 19.3 Å². The van der Waals surface area contributed by atoms with Crippen molar-refractivity contribution in [2.75, 3.05) is 18.5 Å². The van der Waals surface area contributed by atoms with E-state index in [0.717, 1.165) is 37.1 Å². The van der Waals surface area contributed by atoms with Crippen LogP contribution in [0.4, 0.5) is 10.3 Å². The van der Waals surface area contributed by atoms with E-state index in [1.807, 2.05) is 0 Å². The summed E-state index contributed by atoms with van der Waals surface area (Å²) in [4.78, 5) is 8.67. The quantitative estimate of drug-likeness (QED) is 0.616. The third-order valence-corrected chi connectivity index (χ3v) is 3.75. The topological polar surface area (TPSA) is 75.9 Å². The molecule has 1 aromatic carbocycles. The van der Waals surface area contributed by atoms with Gasteiger partial charge in [0.2, 0.25) is 5.95 Å². The van der Waals surface area contributed by atoms with E-state index in [9.17, 15) is 4.39 Å². The summed E-state index contributed by atoms with van der Waals surface area (Å²) in [6.07, 6.45) is 7.78. The molecule has 0 aliphatic carbocycles. The molecular weight excluding hydrogens is 321 g/mol. The van der Waals surface area contributed by atoms with Gasteiger partial charge in [0, 0.05) is 31.1 Å². The lowest BCUT2D eigenvalue weighted by Gasteiger charge is -2.05. The molecule has 0 saturated heterocycles. The van der Waals surface area contributed by atoms with Crippen LogP contribution in [0.25, 0.3) is 16.9 Å². The molecule has 25 heavy (non-hydrogen) atoms. The van der Waals surface area contributed by atoms with Crippen molar-refractivity contribution < 1.29 is 9.50 Å². The highest BCUT2D eigenvalue weighted by atomic mass is 19.1. The minimum absolute atomic E-state index is 0.220. The van der Waals surface area contributed by atoms with Gasteiger partial charge in [-0.3, -0.25) is 0 Å². The molecular formula is C18H20FN5O. The molecule has 2 heterocycles. The highest BCUT2D eigenvalue weighted by Crippen LogP contribution is 2.20. The highest BCUT2D eigenvalue weighted by Gasteiger charge is 2.08. The Hall–Kier alpha value is -2.80. The highest BCUT2D eigenvalue weighted by molar-refractivity contribution is 5.58. The van der Waals surface area contributed by atoms with Crippen LogP contribution in [-0.4, -0.2) is 38.0 Å². The standard InChI is InChI=1S/C18H20FN5O/c19-15-6-2-3-7-17(15)24-13-14(12-22-24)16-8-10-21-18(23-16)20-9-4-1-5-11-25/h2-3,6-8,10,12-13,25H,1,4-5,9,11H2,(H,20,21,23). The number of aliphatic hydroxyl groups is 1. The van der Waals surface area contributed by atoms with Crippen LogP contribution < -0.4 is 5.32 Å². The molecule has 0 fully saturated rings. The number of halogens is 1. The molecule has 0 unspecified atom stereocenters. The lowest BCUT2D eigenvalue weighted by atomic mass is 10.2. The second-order valence-corrected chi connectivity index (χ2v) is 5.60. The number of hydrogen-bond acceptors (Lipinski definition) is 5. The molecule has 2 N–H and O–H groups in total. The van der Waals surface area contributed by atoms with Gasteiger partial charge in [-0.15, -0.1) is 0 Å². The molecule has 7 heteroatoms. The van der Waals surface area contributed by atoms with E-state index in [2.05, 4.69) is 20.4 Å². The molecule has 0 aliphatic heterocycles. The van der Waals surface area contributed by atoms with E-state index in [0.29, 0.717) is 11.6 Å². The molecule has 130 valence electrons. The van der Waals surface area contributed by atoms with Crippen LogP contribution in [0.15, 0.2) is 48.9 Å². The predicted molar refractivity (Wildman–Crippen MR) is 94.0 cm³/mol. The average Bonchev–Trinajstić information content (AvgIpc) is 3.12. The van der Waals surface area contributed by atoms with Crippen molar-refractivity contribution in [3.63, 3.8) is 0 Å². The Morgan fingerprint density at radius 2 is 2.00 bits per heavy atom. The largest absolute Gasteiger partial charge is 0.396 e. The zero-order valence-electron chi connectivity index (χ0n) is 13.8. The summed E-state index contributed by atoms with van der Waals surface area (Å²) >= 11 is 0. The minimum atomic E-state index is -0.329. The molecule has 2 aromatic heterocycles. The van der Waals surface area contributed by atoms with Gasteiger partial charge in [0.05, 0.1) is 11.9 Å². The lowest BCUT2D eigenvalue weighted by Crippen LogP contribution is -2.05. The molecule has 0 radical (unpaired) electrons. The van der Waals surface area contributed by atoms with E-state index in [1.54, 1.807) is 42.9 Å². The van der Waals surface area contributed by atoms with E-state index < -0.39 is 0 Å². The first-order valence-corrected chi connectivity index (χ1v) is 8.25. The van der Waals surface area contributed by atoms with Crippen LogP contribution in [-0.2, 0) is 0 Å². The van der Waals surface area contributed by atoms with E-state index in [1.165, 1.54) is 10.7 Å². The second-order valence-electron chi connectivity index (χ2n) is 5.60. The maximum absolute atomic E-state index is 13.9. The monoisotopic (exact) mass is 341 g/mol. The van der Waals surface area contributed by atoms with Crippen LogP contribution in [0.1, 0.15) is 19.3 Å². The number of hydrogen-bond donors (Lipinski definition) is 2. The van der Waals surface area contributed by atoms with Crippen molar-refractivity contribution >= 4 is 5.95 Å². The minimum Gasteiger partial charge on any atom is -0.396 e. The number of para-hydroxylation sites is 1. The van der Waals surface area contributed by atoms with Crippen LogP contribution in [0, 0.1) is 5.82 Å². The van der Waals surface area contributed by atoms with E-state index in [4.69, 9.17) is 5.11 Å². The third kappa shape index (κ3) is 4.39. The number of rotatable bonds is 8. The first kappa shape index (κ1) is 17.0. The summed E-state index contributed by atoms with van der Waals surface area (Å²) in [7, 11) is 0. The number of aromatic nitrogens is 4. The van der Waals surface area contributed by atoms with Gasteiger partial charge in [0.15, 0.2) is 0 Å². The summed E-state index contributed by atoms with van der Waals surface area (Å²) in [5, 5.41) is 16.2. The summed E-state index contributed by atoms with van der Waals surface area (Å²) in [6, 6.07) is 8.28. The van der Waals surface area contributed by atoms with Crippen molar-refractivity contribution in [2.24, 2.45) is 0 Å². The number of anilines is 1. The second kappa shape index (κ2) is 8.34. The first-order valence-electron chi connectivity index (χ1n) is 8.25. The number of unbranched alkanes of at least 4 members (excludes halogenated alkanes) is 2. The molecule has 0 amide bonds. The Labute approximate surface area is 145 Å². The summed E-state index contributed by atoms with van der Waals surface area (Å²) in [6.45, 7) is 0.968. The van der Waals surface area contributed by atoms with Crippen LogP contribution in [0.5, 0.6) is 0 Å². The molecule has 0 aliphatic rings. The Kier molecular flexibility index (Phi) is 5.69. The molecule has 0 spiro atoms. The van der Waals surface area contributed by atoms with Crippen molar-refractivity contribution in [1.29, 1.82) is 0 Å². The molecule has 0 bridgehead atoms. The van der Waals surface area contributed by atoms with Gasteiger partial charge in [-0.25, -0.2) is 19.0 Å². The Bertz CT molecular complexity index is 820. The Morgan fingerprint density at radius 1 is 1.12 bits per heavy atom. The van der Waals surface area contributed by atoms with Gasteiger partial charge < -0.3 is 10.4 Å². The predicted octanol–water partition coefficient (Wildman–Crippen LogP) is 3.04. The smallest absolute Gasteiger partial charge is 0.223 e. The SMILES string of the molecule is OCCCCCNc1nccc(-c2cnn(-c3ccccc3F)c2)n1. The first-order chi connectivity index (χ1) is 12.3. The number of nitrogens with zero attached hydrogens (tertiary/aromatic N) is 4. The fraction of sp³-hybridized carbons (Fsp3) is 0.278. The summed E-state index contributed by atoms with van der Waals surface area (Å²) in [5.74, 6) is 0.213. The fourth-order valence-electron chi connectivity index (χ4n) is 2.44. The maximum Gasteiger partial charge on any atom is 0.223 e. The van der Waals surface area contributed by atoms with Crippen LogP contribution >= 0.6 is 0 Å². The van der Waals surface area contributed by atoms with E-state index >= 15 is 0 Å². The van der Waals surface area contributed by atoms with Gasteiger partial charge in [-0.05, 0) is 37.5 Å². The average molecular weight is 341 g/mol. The van der Waals surface area contributed by atoms with Gasteiger partial charge in [-0.1, -0.05) is 12.1 Å². The van der Waals surface area contributed by atoms with Gasteiger partial charge in [-0.2, -0.15) is 5.10 Å². The molecule has 0 atom stereocenters.